The predicted molar refractivity (Wildman–Crippen MR) is 41.6 cm³/mol. The summed E-state index contributed by atoms with van der Waals surface area (Å²) < 4.78 is 1.02. The first-order valence-electron chi connectivity index (χ1n) is 2.40. The van der Waals surface area contributed by atoms with Crippen LogP contribution in [0.1, 0.15) is 6.92 Å². The third-order valence-electron chi connectivity index (χ3n) is 0.553. The molecule has 0 spiro atoms. The van der Waals surface area contributed by atoms with Crippen LogP contribution >= 0.6 is 35.3 Å². The van der Waals surface area contributed by atoms with Crippen molar-refractivity contribution in [1.82, 2.24) is 3.82 Å². The molecule has 0 bridgehead atoms. The van der Waals surface area contributed by atoms with Crippen LogP contribution in [-0.4, -0.2) is 21.4 Å². The van der Waals surface area contributed by atoms with Gasteiger partial charge in [-0.15, -0.1) is 11.6 Å². The molecule has 0 aliphatic carbocycles. The van der Waals surface area contributed by atoms with Gasteiger partial charge in [-0.3, -0.25) is 4.79 Å². The van der Waals surface area contributed by atoms with Crippen molar-refractivity contribution in [3.63, 3.8) is 0 Å². The van der Waals surface area contributed by atoms with Gasteiger partial charge in [0.1, 0.15) is 5.88 Å². The number of hydrogen-bond donors (Lipinski definition) is 0. The largest absolute Gasteiger partial charge is 0.271 e. The van der Waals surface area contributed by atoms with Crippen LogP contribution in [0.3, 0.4) is 0 Å². The molecule has 0 saturated carbocycles. The standard InChI is InChI=1S/C4H7Cl2NOS/c1-2-9-7(6)4(8)3-5/h2-3H2,1H3. The Morgan fingerprint density at radius 2 is 2.33 bits per heavy atom. The average Bonchev–Trinajstić information content (AvgIpc) is 1.87. The lowest BCUT2D eigenvalue weighted by Crippen LogP contribution is -2.15. The van der Waals surface area contributed by atoms with Gasteiger partial charge in [0.05, 0.1) is 0 Å². The van der Waals surface area contributed by atoms with E-state index in [0.717, 1.165) is 9.58 Å². The molecule has 0 aromatic heterocycles. The summed E-state index contributed by atoms with van der Waals surface area (Å²) in [5, 5.41) is 0. The smallest absolute Gasteiger partial charge is 0.262 e. The van der Waals surface area contributed by atoms with E-state index in [1.807, 2.05) is 6.92 Å². The molecule has 0 saturated heterocycles. The first-order valence-corrected chi connectivity index (χ1v) is 4.21. The lowest BCUT2D eigenvalue weighted by atomic mass is 10.8. The predicted octanol–water partition coefficient (Wildman–Crippen LogP) is 1.88. The molecule has 5 heteroatoms. The maximum atomic E-state index is 10.5. The average molecular weight is 188 g/mol. The second kappa shape index (κ2) is 5.21. The Balaban J connectivity index is 3.45. The molecule has 9 heavy (non-hydrogen) atoms. The highest BCUT2D eigenvalue weighted by atomic mass is 35.5. The van der Waals surface area contributed by atoms with E-state index >= 15 is 0 Å². The van der Waals surface area contributed by atoms with Crippen molar-refractivity contribution in [3.8, 4) is 0 Å². The Morgan fingerprint density at radius 1 is 1.78 bits per heavy atom. The summed E-state index contributed by atoms with van der Waals surface area (Å²) in [7, 11) is 0. The van der Waals surface area contributed by atoms with Crippen LogP contribution in [0, 0.1) is 0 Å². The zero-order valence-corrected chi connectivity index (χ0v) is 7.26. The third-order valence-corrected chi connectivity index (χ3v) is 1.95. The number of nitrogens with zero attached hydrogens (tertiary/aromatic N) is 1. The van der Waals surface area contributed by atoms with Gasteiger partial charge in [-0.1, -0.05) is 6.92 Å². The van der Waals surface area contributed by atoms with Crippen LogP contribution in [0.5, 0.6) is 0 Å². The maximum Gasteiger partial charge on any atom is 0.262 e. The van der Waals surface area contributed by atoms with Crippen molar-refractivity contribution >= 4 is 41.2 Å². The van der Waals surface area contributed by atoms with Crippen LogP contribution in [-0.2, 0) is 4.79 Å². The Morgan fingerprint density at radius 3 is 2.67 bits per heavy atom. The molecule has 0 heterocycles. The second-order valence-corrected chi connectivity index (χ2v) is 3.20. The molecule has 0 N–H and O–H groups in total. The SMILES string of the molecule is CCSN(Cl)C(=O)CCl. The first kappa shape index (κ1) is 9.40. The van der Waals surface area contributed by atoms with Crippen molar-refractivity contribution in [2.45, 2.75) is 6.92 Å². The fourth-order valence-corrected chi connectivity index (χ4v) is 1.27. The van der Waals surface area contributed by atoms with Gasteiger partial charge in [-0.2, -0.15) is 3.82 Å². The lowest BCUT2D eigenvalue weighted by molar-refractivity contribution is -0.120. The molecule has 0 aromatic carbocycles. The molecule has 2 nitrogen and oxygen atoms in total. The van der Waals surface area contributed by atoms with Crippen molar-refractivity contribution in [2.24, 2.45) is 0 Å². The van der Waals surface area contributed by atoms with E-state index in [9.17, 15) is 4.79 Å². The summed E-state index contributed by atoms with van der Waals surface area (Å²) in [4.78, 5) is 10.5. The Labute approximate surface area is 68.7 Å². The number of amides is 1. The van der Waals surface area contributed by atoms with Gasteiger partial charge >= 0.3 is 0 Å². The number of alkyl halides is 1. The number of carbonyl (C=O) groups excluding carboxylic acids is 1. The molecular weight excluding hydrogens is 181 g/mol. The minimum atomic E-state index is -0.273. The first-order chi connectivity index (χ1) is 4.22. The van der Waals surface area contributed by atoms with Crippen LogP contribution in [0.15, 0.2) is 0 Å². The van der Waals surface area contributed by atoms with Gasteiger partial charge < -0.3 is 0 Å². The normalized spacial score (nSPS) is 9.22. The molecule has 1 amide bonds. The second-order valence-electron chi connectivity index (χ2n) is 1.19. The molecular formula is C4H7Cl2NOS. The van der Waals surface area contributed by atoms with Crippen LogP contribution in [0.25, 0.3) is 0 Å². The molecule has 0 fully saturated rings. The van der Waals surface area contributed by atoms with Crippen molar-refractivity contribution in [1.29, 1.82) is 0 Å². The van der Waals surface area contributed by atoms with Crippen LogP contribution in [0.2, 0.25) is 0 Å². The molecule has 0 radical (unpaired) electrons. The van der Waals surface area contributed by atoms with E-state index in [4.69, 9.17) is 23.4 Å². The third kappa shape index (κ3) is 3.89. The van der Waals surface area contributed by atoms with Gasteiger partial charge in [0, 0.05) is 17.5 Å². The molecule has 0 unspecified atom stereocenters. The van der Waals surface area contributed by atoms with E-state index in [1.165, 1.54) is 11.9 Å². The number of carbonyl (C=O) groups is 1. The summed E-state index contributed by atoms with van der Waals surface area (Å²) in [5.74, 6) is 0.438. The van der Waals surface area contributed by atoms with Gasteiger partial charge in [-0.25, -0.2) is 0 Å². The number of hydrogen-bond acceptors (Lipinski definition) is 2. The van der Waals surface area contributed by atoms with Gasteiger partial charge in [-0.05, 0) is 11.9 Å². The van der Waals surface area contributed by atoms with Crippen LogP contribution < -0.4 is 0 Å². The fourth-order valence-electron chi connectivity index (χ4n) is 0.232. The lowest BCUT2D eigenvalue weighted by Gasteiger charge is -2.07. The molecule has 0 aliphatic heterocycles. The van der Waals surface area contributed by atoms with E-state index < -0.39 is 0 Å². The molecule has 0 aromatic rings. The number of halogens is 2. The highest BCUT2D eigenvalue weighted by molar-refractivity contribution is 7.98. The summed E-state index contributed by atoms with van der Waals surface area (Å²) >= 11 is 11.8. The summed E-state index contributed by atoms with van der Waals surface area (Å²) in [6, 6.07) is 0. The van der Waals surface area contributed by atoms with Crippen molar-refractivity contribution in [3.05, 3.63) is 0 Å². The van der Waals surface area contributed by atoms with Gasteiger partial charge in [0.25, 0.3) is 5.91 Å². The van der Waals surface area contributed by atoms with E-state index in [2.05, 4.69) is 0 Å². The zero-order valence-electron chi connectivity index (χ0n) is 4.93. The maximum absolute atomic E-state index is 10.5. The summed E-state index contributed by atoms with van der Waals surface area (Å²) in [6.45, 7) is 1.90. The Bertz CT molecular complexity index is 101. The van der Waals surface area contributed by atoms with Gasteiger partial charge in [0.15, 0.2) is 0 Å². The topological polar surface area (TPSA) is 20.3 Å². The molecule has 0 aliphatic rings. The monoisotopic (exact) mass is 187 g/mol. The fraction of sp³-hybridized carbons (Fsp3) is 0.750. The van der Waals surface area contributed by atoms with Crippen molar-refractivity contribution < 1.29 is 4.79 Å². The van der Waals surface area contributed by atoms with E-state index in [1.54, 1.807) is 0 Å². The molecule has 54 valence electrons. The number of rotatable bonds is 3. The minimum Gasteiger partial charge on any atom is -0.271 e. The zero-order chi connectivity index (χ0) is 7.28. The minimum absolute atomic E-state index is 0.0590. The molecule has 0 rings (SSSR count). The van der Waals surface area contributed by atoms with Crippen molar-refractivity contribution in [2.75, 3.05) is 11.6 Å². The van der Waals surface area contributed by atoms with E-state index in [0.29, 0.717) is 0 Å². The van der Waals surface area contributed by atoms with Gasteiger partial charge in [0.2, 0.25) is 0 Å². The summed E-state index contributed by atoms with van der Waals surface area (Å²) in [6.07, 6.45) is 0. The molecule has 0 atom stereocenters. The Hall–Kier alpha value is 0.400. The quantitative estimate of drug-likeness (QED) is 0.383. The summed E-state index contributed by atoms with van der Waals surface area (Å²) in [5.41, 5.74) is 0. The Kier molecular flexibility index (Phi) is 5.44. The highest BCUT2D eigenvalue weighted by Gasteiger charge is 2.07. The highest BCUT2D eigenvalue weighted by Crippen LogP contribution is 2.12. The van der Waals surface area contributed by atoms with E-state index in [-0.39, 0.29) is 11.8 Å². The van der Waals surface area contributed by atoms with Crippen LogP contribution in [0.4, 0.5) is 0 Å².